The van der Waals surface area contributed by atoms with Gasteiger partial charge in [0, 0.05) is 0 Å². The fourth-order valence-electron chi connectivity index (χ4n) is 2.68. The molecule has 1 saturated carbocycles. The van der Waals surface area contributed by atoms with Gasteiger partial charge in [-0.3, -0.25) is 7.05 Å². The van der Waals surface area contributed by atoms with Crippen LogP contribution in [-0.4, -0.2) is 18.0 Å². The van der Waals surface area contributed by atoms with Gasteiger partial charge in [-0.2, -0.15) is 0 Å². The van der Waals surface area contributed by atoms with Crippen LogP contribution in [0.3, 0.4) is 0 Å². The monoisotopic (exact) mass is 152 g/mol. The van der Waals surface area contributed by atoms with E-state index in [1.807, 2.05) is 0 Å². The average Bonchev–Trinajstić information content (AvgIpc) is 2.04. The summed E-state index contributed by atoms with van der Waals surface area (Å²) in [5.74, 6) is 2.05. The predicted octanol–water partition coefficient (Wildman–Crippen LogP) is 2.29. The van der Waals surface area contributed by atoms with Crippen LogP contribution in [0.5, 0.6) is 0 Å². The molecule has 64 valence electrons. The molecule has 0 aromatic heterocycles. The van der Waals surface area contributed by atoms with Crippen molar-refractivity contribution in [3.63, 3.8) is 0 Å². The van der Waals surface area contributed by atoms with Gasteiger partial charge in [0.15, 0.2) is 0 Å². The smallest absolute Gasteiger partial charge is 0.0272 e. The Hall–Kier alpha value is -0.0400. The molecule has 2 fully saturated rings. The molecule has 0 aromatic carbocycles. The third-order valence-electron chi connectivity index (χ3n) is 3.38. The van der Waals surface area contributed by atoms with Crippen LogP contribution >= 0.6 is 0 Å². The number of hydrogen-bond donors (Lipinski definition) is 0. The van der Waals surface area contributed by atoms with Gasteiger partial charge >= 0.3 is 0 Å². The summed E-state index contributed by atoms with van der Waals surface area (Å²) < 4.78 is 0. The fraction of sp³-hybridized carbons (Fsp3) is 0.900. The number of likely N-dealkylation sites (tertiary alicyclic amines) is 1. The van der Waals surface area contributed by atoms with Gasteiger partial charge in [0.25, 0.3) is 0 Å². The number of nitrogens with zero attached hydrogens (tertiary/aromatic N) is 1. The molecule has 0 amide bonds. The zero-order chi connectivity index (χ0) is 7.68. The van der Waals surface area contributed by atoms with Crippen LogP contribution in [0.2, 0.25) is 0 Å². The highest BCUT2D eigenvalue weighted by Gasteiger charge is 2.27. The molecule has 2 atom stereocenters. The lowest BCUT2D eigenvalue weighted by molar-refractivity contribution is 0.116. The van der Waals surface area contributed by atoms with E-state index in [9.17, 15) is 0 Å². The van der Waals surface area contributed by atoms with Crippen molar-refractivity contribution in [1.29, 1.82) is 0 Å². The Labute approximate surface area is 69.8 Å². The maximum Gasteiger partial charge on any atom is -0.0272 e. The lowest BCUT2D eigenvalue weighted by Gasteiger charge is -2.43. The highest BCUT2D eigenvalue weighted by Crippen LogP contribution is 2.35. The summed E-state index contributed by atoms with van der Waals surface area (Å²) >= 11 is 0. The van der Waals surface area contributed by atoms with Crippen molar-refractivity contribution in [2.24, 2.45) is 11.8 Å². The Morgan fingerprint density at radius 1 is 1.00 bits per heavy atom. The second kappa shape index (κ2) is 3.14. The molecule has 0 spiro atoms. The highest BCUT2D eigenvalue weighted by molar-refractivity contribution is 4.82. The van der Waals surface area contributed by atoms with Gasteiger partial charge in [-0.25, -0.2) is 0 Å². The topological polar surface area (TPSA) is 3.24 Å². The summed E-state index contributed by atoms with van der Waals surface area (Å²) in [5, 5.41) is 0. The Bertz CT molecular complexity index is 133. The zero-order valence-corrected chi connectivity index (χ0v) is 7.26. The van der Waals surface area contributed by atoms with E-state index in [-0.39, 0.29) is 0 Å². The summed E-state index contributed by atoms with van der Waals surface area (Å²) in [6, 6.07) is 0. The molecule has 11 heavy (non-hydrogen) atoms. The maximum atomic E-state index is 4.02. The van der Waals surface area contributed by atoms with Crippen molar-refractivity contribution < 1.29 is 0 Å². The van der Waals surface area contributed by atoms with Crippen LogP contribution in [0.4, 0.5) is 0 Å². The number of piperidine rings is 1. The summed E-state index contributed by atoms with van der Waals surface area (Å²) in [7, 11) is 4.02. The second-order valence-electron chi connectivity index (χ2n) is 4.17. The second-order valence-corrected chi connectivity index (χ2v) is 4.17. The van der Waals surface area contributed by atoms with Crippen LogP contribution in [0.1, 0.15) is 32.1 Å². The summed E-state index contributed by atoms with van der Waals surface area (Å²) in [4.78, 5) is 2.26. The van der Waals surface area contributed by atoms with Crippen molar-refractivity contribution in [2.45, 2.75) is 32.1 Å². The molecule has 1 heteroatoms. The number of hydrogen-bond acceptors (Lipinski definition) is 1. The molecule has 1 aliphatic heterocycles. The Morgan fingerprint density at radius 2 is 1.73 bits per heavy atom. The minimum Gasteiger partial charge on any atom is -0.459 e. The van der Waals surface area contributed by atoms with Crippen LogP contribution < -0.4 is 0 Å². The first-order valence-corrected chi connectivity index (χ1v) is 4.92. The summed E-state index contributed by atoms with van der Waals surface area (Å²) in [6.45, 7) is 2.51. The van der Waals surface area contributed by atoms with E-state index >= 15 is 0 Å². The van der Waals surface area contributed by atoms with E-state index in [1.165, 1.54) is 45.2 Å². The Balaban J connectivity index is 1.93. The largest absolute Gasteiger partial charge is 0.459 e. The molecule has 1 saturated heterocycles. The lowest BCUT2D eigenvalue weighted by atomic mass is 9.75. The minimum absolute atomic E-state index is 0.995. The summed E-state index contributed by atoms with van der Waals surface area (Å²) in [5.41, 5.74) is 0. The van der Waals surface area contributed by atoms with E-state index < -0.39 is 0 Å². The molecule has 0 aromatic rings. The zero-order valence-electron chi connectivity index (χ0n) is 7.26. The lowest BCUT2D eigenvalue weighted by Crippen LogP contribution is -2.38. The van der Waals surface area contributed by atoms with Gasteiger partial charge in [-0.05, 0) is 37.8 Å². The molecule has 0 unspecified atom stereocenters. The first-order chi connectivity index (χ1) is 5.36. The van der Waals surface area contributed by atoms with E-state index in [2.05, 4.69) is 11.9 Å². The van der Waals surface area contributed by atoms with Crippen molar-refractivity contribution in [2.75, 3.05) is 13.1 Å². The van der Waals surface area contributed by atoms with Gasteiger partial charge in [0.05, 0.1) is 0 Å². The molecule has 1 heterocycles. The van der Waals surface area contributed by atoms with Crippen molar-refractivity contribution in [1.82, 2.24) is 4.90 Å². The predicted molar refractivity (Wildman–Crippen MR) is 47.0 cm³/mol. The molecular formula is C10H18N-. The molecule has 0 bridgehead atoms. The third kappa shape index (κ3) is 1.58. The Morgan fingerprint density at radius 3 is 2.55 bits per heavy atom. The van der Waals surface area contributed by atoms with Crippen molar-refractivity contribution >= 4 is 0 Å². The third-order valence-corrected chi connectivity index (χ3v) is 3.38. The fourth-order valence-corrected chi connectivity index (χ4v) is 2.68. The molecule has 1 aliphatic carbocycles. The standard InChI is InChI=1S/C10H18N/c1-11-7-6-9-4-2-3-5-10(9)8-11/h9-10H,1-8H2/q-1/t9-,10-/m0/s1. The molecule has 1 nitrogen and oxygen atoms in total. The molecule has 0 N–H and O–H groups in total. The first-order valence-electron chi connectivity index (χ1n) is 4.92. The normalized spacial score (nSPS) is 40.1. The maximum absolute atomic E-state index is 4.02. The van der Waals surface area contributed by atoms with E-state index in [0.29, 0.717) is 0 Å². The Kier molecular flexibility index (Phi) is 2.17. The van der Waals surface area contributed by atoms with E-state index in [0.717, 1.165) is 11.8 Å². The molecular weight excluding hydrogens is 134 g/mol. The van der Waals surface area contributed by atoms with Gasteiger partial charge in [0.1, 0.15) is 0 Å². The molecule has 2 rings (SSSR count). The minimum atomic E-state index is 0.995. The number of rotatable bonds is 0. The van der Waals surface area contributed by atoms with E-state index in [4.69, 9.17) is 0 Å². The molecule has 0 radical (unpaired) electrons. The van der Waals surface area contributed by atoms with E-state index in [1.54, 1.807) is 0 Å². The SMILES string of the molecule is [CH2-]N1CC[C@@H]2CCCC[C@H]2C1. The first kappa shape index (κ1) is 7.60. The van der Waals surface area contributed by atoms with Crippen LogP contribution in [0, 0.1) is 18.9 Å². The van der Waals surface area contributed by atoms with Gasteiger partial charge in [-0.1, -0.05) is 19.3 Å². The van der Waals surface area contributed by atoms with Gasteiger partial charge in [0.2, 0.25) is 0 Å². The van der Waals surface area contributed by atoms with Gasteiger partial charge in [-0.15, -0.1) is 0 Å². The number of fused-ring (bicyclic) bond motifs is 1. The van der Waals surface area contributed by atoms with Crippen LogP contribution in [0.15, 0.2) is 0 Å². The molecule has 2 aliphatic rings. The quantitative estimate of drug-likeness (QED) is 0.481. The summed E-state index contributed by atoms with van der Waals surface area (Å²) in [6.07, 6.45) is 7.33. The van der Waals surface area contributed by atoms with Crippen LogP contribution in [0.25, 0.3) is 0 Å². The van der Waals surface area contributed by atoms with Gasteiger partial charge < -0.3 is 4.90 Å². The van der Waals surface area contributed by atoms with Crippen molar-refractivity contribution in [3.8, 4) is 0 Å². The van der Waals surface area contributed by atoms with Crippen molar-refractivity contribution in [3.05, 3.63) is 7.05 Å². The van der Waals surface area contributed by atoms with Crippen LogP contribution in [-0.2, 0) is 0 Å². The highest BCUT2D eigenvalue weighted by atomic mass is 15.1. The average molecular weight is 152 g/mol.